The average Bonchev–Trinajstić information content (AvgIpc) is 3.08. The number of rotatable bonds is 6. The highest BCUT2D eigenvalue weighted by atomic mass is 127. The van der Waals surface area contributed by atoms with E-state index in [1.807, 2.05) is 25.2 Å². The molecule has 134 valence electrons. The summed E-state index contributed by atoms with van der Waals surface area (Å²) in [6.07, 6.45) is 1.11. The Bertz CT molecular complexity index is 519. The second kappa shape index (κ2) is 11.2. The van der Waals surface area contributed by atoms with Crippen LogP contribution in [0, 0.1) is 5.92 Å². The topological polar surface area (TPSA) is 66.0 Å². The molecular weight excluding hydrogens is 419 g/mol. The Morgan fingerprint density at radius 2 is 2.00 bits per heavy atom. The fraction of sp³-hybridized carbons (Fsp3) is 0.529. The van der Waals surface area contributed by atoms with Gasteiger partial charge in [0.05, 0.1) is 6.61 Å². The van der Waals surface area contributed by atoms with Crippen LogP contribution in [0.1, 0.15) is 16.8 Å². The van der Waals surface area contributed by atoms with Gasteiger partial charge in [-0.05, 0) is 18.6 Å². The Kier molecular flexibility index (Phi) is 9.70. The van der Waals surface area contributed by atoms with Gasteiger partial charge in [-0.1, -0.05) is 18.2 Å². The summed E-state index contributed by atoms with van der Waals surface area (Å²) >= 11 is 0. The van der Waals surface area contributed by atoms with Crippen molar-refractivity contribution in [3.05, 3.63) is 35.9 Å². The van der Waals surface area contributed by atoms with Gasteiger partial charge in [0.25, 0.3) is 5.91 Å². The molecule has 0 aliphatic carbocycles. The van der Waals surface area contributed by atoms with Gasteiger partial charge in [0.15, 0.2) is 5.96 Å². The van der Waals surface area contributed by atoms with Crippen LogP contribution in [0.15, 0.2) is 35.3 Å². The van der Waals surface area contributed by atoms with Crippen LogP contribution in [0.5, 0.6) is 0 Å². The van der Waals surface area contributed by atoms with Crippen molar-refractivity contribution >= 4 is 35.8 Å². The largest absolute Gasteiger partial charge is 0.381 e. The molecule has 1 fully saturated rings. The second-order valence-corrected chi connectivity index (χ2v) is 5.71. The average molecular weight is 446 g/mol. The highest BCUT2D eigenvalue weighted by Crippen LogP contribution is 2.13. The van der Waals surface area contributed by atoms with E-state index in [4.69, 9.17) is 4.74 Å². The van der Waals surface area contributed by atoms with E-state index in [1.54, 1.807) is 19.2 Å². The first-order valence-corrected chi connectivity index (χ1v) is 8.03. The molecule has 7 heteroatoms. The van der Waals surface area contributed by atoms with Gasteiger partial charge in [0, 0.05) is 51.8 Å². The molecule has 24 heavy (non-hydrogen) atoms. The van der Waals surface area contributed by atoms with E-state index in [0.29, 0.717) is 24.6 Å². The molecule has 1 unspecified atom stereocenters. The summed E-state index contributed by atoms with van der Waals surface area (Å²) < 4.78 is 5.40. The van der Waals surface area contributed by atoms with Gasteiger partial charge in [-0.2, -0.15) is 0 Å². The van der Waals surface area contributed by atoms with Gasteiger partial charge in [0.1, 0.15) is 0 Å². The Balaban J connectivity index is 0.00000288. The molecule has 6 nitrogen and oxygen atoms in total. The first-order valence-electron chi connectivity index (χ1n) is 8.03. The minimum atomic E-state index is -0.0566. The van der Waals surface area contributed by atoms with Gasteiger partial charge in [-0.25, -0.2) is 0 Å². The van der Waals surface area contributed by atoms with Crippen LogP contribution < -0.4 is 10.6 Å². The van der Waals surface area contributed by atoms with Gasteiger partial charge in [-0.3, -0.25) is 9.79 Å². The molecule has 1 saturated heterocycles. The lowest BCUT2D eigenvalue weighted by Gasteiger charge is -2.24. The number of nitrogens with zero attached hydrogens (tertiary/aromatic N) is 2. The summed E-state index contributed by atoms with van der Waals surface area (Å²) in [5, 5.41) is 6.17. The maximum absolute atomic E-state index is 11.9. The Hall–Kier alpha value is -1.35. The van der Waals surface area contributed by atoms with Crippen molar-refractivity contribution in [1.82, 2.24) is 15.5 Å². The van der Waals surface area contributed by atoms with Crippen molar-refractivity contribution in [3.63, 3.8) is 0 Å². The lowest BCUT2D eigenvalue weighted by molar-refractivity contribution is 0.0954. The van der Waals surface area contributed by atoms with Crippen LogP contribution >= 0.6 is 24.0 Å². The van der Waals surface area contributed by atoms with Crippen molar-refractivity contribution in [2.24, 2.45) is 10.9 Å². The smallest absolute Gasteiger partial charge is 0.251 e. The van der Waals surface area contributed by atoms with Gasteiger partial charge < -0.3 is 20.3 Å². The highest BCUT2D eigenvalue weighted by molar-refractivity contribution is 14.0. The molecule has 0 radical (unpaired) electrons. The molecule has 1 aromatic carbocycles. The van der Waals surface area contributed by atoms with Crippen LogP contribution in [0.3, 0.4) is 0 Å². The summed E-state index contributed by atoms with van der Waals surface area (Å²) in [4.78, 5) is 18.3. The van der Waals surface area contributed by atoms with Crippen LogP contribution in [-0.4, -0.2) is 63.7 Å². The van der Waals surface area contributed by atoms with Crippen molar-refractivity contribution in [1.29, 1.82) is 0 Å². The number of aliphatic imine (C=N–C) groups is 1. The van der Waals surface area contributed by atoms with E-state index < -0.39 is 0 Å². The van der Waals surface area contributed by atoms with Crippen molar-refractivity contribution in [2.45, 2.75) is 6.42 Å². The standard InChI is InChI=1S/C17H26N4O2.HI/c1-18-17(21(2)12-14-8-11-23-13-14)20-10-9-19-16(22)15-6-4-3-5-7-15;/h3-7,14H,8-13H2,1-2H3,(H,18,20)(H,19,22);1H. The van der Waals surface area contributed by atoms with Gasteiger partial charge in [0.2, 0.25) is 0 Å². The van der Waals surface area contributed by atoms with Crippen LogP contribution in [0.4, 0.5) is 0 Å². The van der Waals surface area contributed by atoms with Crippen LogP contribution in [0.25, 0.3) is 0 Å². The minimum absolute atomic E-state index is 0. The number of amides is 1. The van der Waals surface area contributed by atoms with Crippen molar-refractivity contribution in [2.75, 3.05) is 46.9 Å². The van der Waals surface area contributed by atoms with E-state index in [1.165, 1.54) is 0 Å². The van der Waals surface area contributed by atoms with E-state index in [2.05, 4.69) is 20.5 Å². The molecule has 1 amide bonds. The Labute approximate surface area is 161 Å². The van der Waals surface area contributed by atoms with Crippen molar-refractivity contribution < 1.29 is 9.53 Å². The third-order valence-corrected chi connectivity index (χ3v) is 3.86. The lowest BCUT2D eigenvalue weighted by Crippen LogP contribution is -2.44. The molecule has 2 rings (SSSR count). The molecule has 0 saturated carbocycles. The summed E-state index contributed by atoms with van der Waals surface area (Å²) in [6, 6.07) is 9.22. The second-order valence-electron chi connectivity index (χ2n) is 5.71. The fourth-order valence-corrected chi connectivity index (χ4v) is 2.63. The predicted octanol–water partition coefficient (Wildman–Crippen LogP) is 1.58. The number of hydrogen-bond acceptors (Lipinski definition) is 3. The first-order chi connectivity index (χ1) is 11.2. The van der Waals surface area contributed by atoms with Gasteiger partial charge >= 0.3 is 0 Å². The third-order valence-electron chi connectivity index (χ3n) is 3.86. The molecule has 1 atom stereocenters. The predicted molar refractivity (Wildman–Crippen MR) is 107 cm³/mol. The SMILES string of the molecule is CN=C(NCCNC(=O)c1ccccc1)N(C)CC1CCOC1.I. The number of guanidine groups is 1. The number of carbonyl (C=O) groups is 1. The highest BCUT2D eigenvalue weighted by Gasteiger charge is 2.18. The first kappa shape index (κ1) is 20.7. The molecule has 0 bridgehead atoms. The van der Waals surface area contributed by atoms with Crippen LogP contribution in [-0.2, 0) is 4.74 Å². The molecule has 1 aliphatic rings. The Morgan fingerprint density at radius 1 is 1.29 bits per heavy atom. The normalized spacial score (nSPS) is 17.1. The van der Waals surface area contributed by atoms with Crippen LogP contribution in [0.2, 0.25) is 0 Å². The minimum Gasteiger partial charge on any atom is -0.381 e. The molecule has 1 aliphatic heterocycles. The van der Waals surface area contributed by atoms with E-state index in [0.717, 1.165) is 32.1 Å². The number of hydrogen-bond donors (Lipinski definition) is 2. The number of halogens is 1. The fourth-order valence-electron chi connectivity index (χ4n) is 2.63. The Morgan fingerprint density at radius 3 is 2.62 bits per heavy atom. The quantitative estimate of drug-likeness (QED) is 0.302. The number of benzene rings is 1. The van der Waals surface area contributed by atoms with Gasteiger partial charge in [-0.15, -0.1) is 24.0 Å². The molecule has 1 heterocycles. The van der Waals surface area contributed by atoms with Crippen molar-refractivity contribution in [3.8, 4) is 0 Å². The monoisotopic (exact) mass is 446 g/mol. The molecule has 0 aromatic heterocycles. The zero-order valence-corrected chi connectivity index (χ0v) is 16.7. The summed E-state index contributed by atoms with van der Waals surface area (Å²) in [7, 11) is 3.79. The third kappa shape index (κ3) is 6.64. The van der Waals surface area contributed by atoms with E-state index >= 15 is 0 Å². The summed E-state index contributed by atoms with van der Waals surface area (Å²) in [5.41, 5.74) is 0.676. The number of ether oxygens (including phenoxy) is 1. The zero-order valence-electron chi connectivity index (χ0n) is 14.3. The van der Waals surface area contributed by atoms with E-state index in [-0.39, 0.29) is 29.9 Å². The molecule has 1 aromatic rings. The number of carbonyl (C=O) groups excluding carboxylic acids is 1. The lowest BCUT2D eigenvalue weighted by atomic mass is 10.1. The summed E-state index contributed by atoms with van der Waals surface area (Å²) in [6.45, 7) is 3.80. The van der Waals surface area contributed by atoms with E-state index in [9.17, 15) is 4.79 Å². The molecule has 0 spiro atoms. The molecule has 2 N–H and O–H groups in total. The maximum Gasteiger partial charge on any atom is 0.251 e. The number of nitrogens with one attached hydrogen (secondary N) is 2. The maximum atomic E-state index is 11.9. The zero-order chi connectivity index (χ0) is 16.5. The molecular formula is C17H27IN4O2. The summed E-state index contributed by atoms with van der Waals surface area (Å²) in [5.74, 6) is 1.35.